The number of aromatic carboxylic acids is 1. The average Bonchev–Trinajstić information content (AvgIpc) is 3.00. The minimum atomic E-state index is -0.976. The first kappa shape index (κ1) is 14.3. The summed E-state index contributed by atoms with van der Waals surface area (Å²) in [5, 5.41) is 17.9. The van der Waals surface area contributed by atoms with E-state index in [2.05, 4.69) is 10.3 Å². The lowest BCUT2D eigenvalue weighted by Gasteiger charge is -2.02. The summed E-state index contributed by atoms with van der Waals surface area (Å²) in [4.78, 5) is 11.0. The Morgan fingerprint density at radius 1 is 1.23 bits per heavy atom. The van der Waals surface area contributed by atoms with Crippen molar-refractivity contribution in [3.8, 4) is 16.9 Å². The number of carboxylic acid groups (broad SMARTS) is 1. The molecule has 0 radical (unpaired) electrons. The van der Waals surface area contributed by atoms with Crippen molar-refractivity contribution in [2.45, 2.75) is 6.92 Å². The first-order chi connectivity index (χ1) is 10.5. The number of nitrogens with zero attached hydrogens (tertiary/aromatic N) is 3. The highest BCUT2D eigenvalue weighted by Gasteiger charge is 2.09. The van der Waals surface area contributed by atoms with Crippen molar-refractivity contribution in [2.75, 3.05) is 0 Å². The summed E-state index contributed by atoms with van der Waals surface area (Å²) in [6.45, 7) is 1.92. The molecule has 0 amide bonds. The first-order valence-corrected chi connectivity index (χ1v) is 6.95. The first-order valence-electron chi connectivity index (χ1n) is 6.57. The van der Waals surface area contributed by atoms with Crippen LogP contribution in [0.5, 0.6) is 0 Å². The van der Waals surface area contributed by atoms with Crippen LogP contribution in [0, 0.1) is 6.92 Å². The van der Waals surface area contributed by atoms with E-state index in [0.717, 1.165) is 11.1 Å². The molecule has 0 unspecified atom stereocenters. The number of hydrogen-bond donors (Lipinski definition) is 1. The zero-order valence-corrected chi connectivity index (χ0v) is 12.4. The van der Waals surface area contributed by atoms with E-state index in [1.54, 1.807) is 29.1 Å². The number of aromatic nitrogens is 3. The van der Waals surface area contributed by atoms with Gasteiger partial charge in [0.15, 0.2) is 0 Å². The molecular weight excluding hydrogens is 302 g/mol. The number of halogens is 1. The summed E-state index contributed by atoms with van der Waals surface area (Å²) in [5.41, 5.74) is 3.41. The fourth-order valence-electron chi connectivity index (χ4n) is 2.11. The molecule has 2 aromatic carbocycles. The molecule has 0 atom stereocenters. The van der Waals surface area contributed by atoms with E-state index < -0.39 is 5.97 Å². The normalized spacial score (nSPS) is 10.6. The number of hydrogen-bond acceptors (Lipinski definition) is 3. The minimum Gasteiger partial charge on any atom is -0.478 e. The summed E-state index contributed by atoms with van der Waals surface area (Å²) in [6.07, 6.45) is 1.75. The van der Waals surface area contributed by atoms with Gasteiger partial charge in [-0.15, -0.1) is 5.10 Å². The standard InChI is InChI=1S/C16H12ClN3O2/c1-10-7-11(5-6-14(10)17)15-9-20(19-18-15)13-4-2-3-12(8-13)16(21)22/h2-9H,1H3,(H,21,22). The summed E-state index contributed by atoms with van der Waals surface area (Å²) < 4.78 is 1.55. The molecule has 0 aliphatic rings. The average molecular weight is 314 g/mol. The number of benzene rings is 2. The quantitative estimate of drug-likeness (QED) is 0.802. The van der Waals surface area contributed by atoms with Gasteiger partial charge in [0.2, 0.25) is 0 Å². The number of rotatable bonds is 3. The van der Waals surface area contributed by atoms with Gasteiger partial charge in [-0.05, 0) is 42.8 Å². The Labute approximate surface area is 131 Å². The Morgan fingerprint density at radius 3 is 2.77 bits per heavy atom. The van der Waals surface area contributed by atoms with Crippen molar-refractivity contribution in [2.24, 2.45) is 0 Å². The Morgan fingerprint density at radius 2 is 2.05 bits per heavy atom. The van der Waals surface area contributed by atoms with Crippen LogP contribution in [0.15, 0.2) is 48.7 Å². The van der Waals surface area contributed by atoms with E-state index in [1.165, 1.54) is 6.07 Å². The second-order valence-electron chi connectivity index (χ2n) is 4.87. The zero-order valence-electron chi connectivity index (χ0n) is 11.7. The topological polar surface area (TPSA) is 68.0 Å². The third kappa shape index (κ3) is 2.71. The molecule has 5 nitrogen and oxygen atoms in total. The van der Waals surface area contributed by atoms with Crippen molar-refractivity contribution >= 4 is 17.6 Å². The van der Waals surface area contributed by atoms with Gasteiger partial charge in [0.05, 0.1) is 17.4 Å². The van der Waals surface area contributed by atoms with Crippen LogP contribution in [0.4, 0.5) is 0 Å². The van der Waals surface area contributed by atoms with E-state index in [-0.39, 0.29) is 5.56 Å². The Balaban J connectivity index is 1.98. The molecule has 22 heavy (non-hydrogen) atoms. The van der Waals surface area contributed by atoms with E-state index in [0.29, 0.717) is 16.4 Å². The van der Waals surface area contributed by atoms with Crippen LogP contribution in [0.1, 0.15) is 15.9 Å². The van der Waals surface area contributed by atoms with Gasteiger partial charge in [0.1, 0.15) is 5.69 Å². The fraction of sp³-hybridized carbons (Fsp3) is 0.0625. The predicted octanol–water partition coefficient (Wildman–Crippen LogP) is 3.59. The SMILES string of the molecule is Cc1cc(-c2cn(-c3cccc(C(=O)O)c3)nn2)ccc1Cl. The molecule has 0 bridgehead atoms. The highest BCUT2D eigenvalue weighted by Crippen LogP contribution is 2.23. The van der Waals surface area contributed by atoms with Crippen molar-refractivity contribution in [3.05, 3.63) is 64.8 Å². The molecule has 1 heterocycles. The van der Waals surface area contributed by atoms with Crippen LogP contribution in [0.3, 0.4) is 0 Å². The monoisotopic (exact) mass is 313 g/mol. The minimum absolute atomic E-state index is 0.205. The van der Waals surface area contributed by atoms with Crippen molar-refractivity contribution in [1.29, 1.82) is 0 Å². The molecule has 0 saturated heterocycles. The van der Waals surface area contributed by atoms with Crippen LogP contribution in [0.25, 0.3) is 16.9 Å². The van der Waals surface area contributed by atoms with Crippen LogP contribution in [-0.4, -0.2) is 26.1 Å². The molecular formula is C16H12ClN3O2. The lowest BCUT2D eigenvalue weighted by molar-refractivity contribution is 0.0697. The van der Waals surface area contributed by atoms with Gasteiger partial charge < -0.3 is 5.11 Å². The molecule has 0 aliphatic heterocycles. The van der Waals surface area contributed by atoms with Crippen molar-refractivity contribution in [3.63, 3.8) is 0 Å². The van der Waals surface area contributed by atoms with Crippen molar-refractivity contribution < 1.29 is 9.90 Å². The third-order valence-corrected chi connectivity index (χ3v) is 3.73. The maximum Gasteiger partial charge on any atom is 0.335 e. The molecule has 110 valence electrons. The zero-order chi connectivity index (χ0) is 15.7. The second-order valence-corrected chi connectivity index (χ2v) is 5.27. The van der Waals surface area contributed by atoms with Gasteiger partial charge in [-0.25, -0.2) is 9.48 Å². The fourth-order valence-corrected chi connectivity index (χ4v) is 2.23. The maximum absolute atomic E-state index is 11.0. The Bertz CT molecular complexity index is 858. The van der Waals surface area contributed by atoms with Crippen LogP contribution in [-0.2, 0) is 0 Å². The molecule has 3 aromatic rings. The smallest absolute Gasteiger partial charge is 0.335 e. The molecule has 0 spiro atoms. The van der Waals surface area contributed by atoms with E-state index >= 15 is 0 Å². The predicted molar refractivity (Wildman–Crippen MR) is 83.5 cm³/mol. The maximum atomic E-state index is 11.0. The molecule has 1 aromatic heterocycles. The Hall–Kier alpha value is -2.66. The second kappa shape index (κ2) is 5.61. The summed E-state index contributed by atoms with van der Waals surface area (Å²) in [7, 11) is 0. The van der Waals surface area contributed by atoms with E-state index in [9.17, 15) is 4.79 Å². The van der Waals surface area contributed by atoms with Crippen molar-refractivity contribution in [1.82, 2.24) is 15.0 Å². The largest absolute Gasteiger partial charge is 0.478 e. The number of aryl methyl sites for hydroxylation is 1. The summed E-state index contributed by atoms with van der Waals surface area (Å²) in [6, 6.07) is 12.2. The molecule has 3 rings (SSSR count). The summed E-state index contributed by atoms with van der Waals surface area (Å²) >= 11 is 6.02. The molecule has 1 N–H and O–H groups in total. The molecule has 6 heteroatoms. The highest BCUT2D eigenvalue weighted by atomic mass is 35.5. The van der Waals surface area contributed by atoms with Gasteiger partial charge in [-0.3, -0.25) is 0 Å². The van der Waals surface area contributed by atoms with Gasteiger partial charge in [0.25, 0.3) is 0 Å². The van der Waals surface area contributed by atoms with Gasteiger partial charge >= 0.3 is 5.97 Å². The Kier molecular flexibility index (Phi) is 3.65. The lowest BCUT2D eigenvalue weighted by Crippen LogP contribution is -2.00. The van der Waals surface area contributed by atoms with Crippen LogP contribution in [0.2, 0.25) is 5.02 Å². The number of carboxylic acids is 1. The molecule has 0 aliphatic carbocycles. The van der Waals surface area contributed by atoms with Gasteiger partial charge in [-0.1, -0.05) is 28.9 Å². The van der Waals surface area contributed by atoms with Gasteiger partial charge in [0, 0.05) is 10.6 Å². The summed E-state index contributed by atoms with van der Waals surface area (Å²) in [5.74, 6) is -0.976. The van der Waals surface area contributed by atoms with Gasteiger partial charge in [-0.2, -0.15) is 0 Å². The number of carbonyl (C=O) groups is 1. The van der Waals surface area contributed by atoms with Crippen LogP contribution >= 0.6 is 11.6 Å². The van der Waals surface area contributed by atoms with E-state index in [1.807, 2.05) is 25.1 Å². The molecule has 0 saturated carbocycles. The highest BCUT2D eigenvalue weighted by molar-refractivity contribution is 6.31. The molecule has 0 fully saturated rings. The third-order valence-electron chi connectivity index (χ3n) is 3.30. The van der Waals surface area contributed by atoms with Crippen LogP contribution < -0.4 is 0 Å². The lowest BCUT2D eigenvalue weighted by atomic mass is 10.1. The van der Waals surface area contributed by atoms with E-state index in [4.69, 9.17) is 16.7 Å².